The topological polar surface area (TPSA) is 75.3 Å². The summed E-state index contributed by atoms with van der Waals surface area (Å²) >= 11 is 0. The number of hydrogen-bond donors (Lipinski definition) is 2. The van der Waals surface area contributed by atoms with Crippen molar-refractivity contribution in [2.75, 3.05) is 7.05 Å². The Labute approximate surface area is 153 Å². The molecule has 134 valence electrons. The fraction of sp³-hybridized carbons (Fsp3) is 0.150. The molecule has 0 radical (unpaired) electrons. The molecular weight excluding hydrogens is 348 g/mol. The first-order valence-electron chi connectivity index (χ1n) is 8.24. The first-order valence-corrected chi connectivity index (χ1v) is 9.89. The van der Waals surface area contributed by atoms with Crippen LogP contribution in [0.5, 0.6) is 0 Å². The van der Waals surface area contributed by atoms with E-state index in [-0.39, 0.29) is 18.2 Å². The van der Waals surface area contributed by atoms with Gasteiger partial charge in [-0.3, -0.25) is 4.79 Å². The Morgan fingerprint density at radius 3 is 2.31 bits per heavy atom. The molecular formula is C20H20N2O3S. The maximum atomic E-state index is 12.6. The highest BCUT2D eigenvalue weighted by Gasteiger charge is 2.14. The summed E-state index contributed by atoms with van der Waals surface area (Å²) in [6, 6.07) is 20.5. The molecule has 0 unspecified atom stereocenters. The van der Waals surface area contributed by atoms with Gasteiger partial charge >= 0.3 is 0 Å². The zero-order valence-corrected chi connectivity index (χ0v) is 15.2. The Morgan fingerprint density at radius 2 is 1.54 bits per heavy atom. The van der Waals surface area contributed by atoms with Gasteiger partial charge in [-0.25, -0.2) is 13.1 Å². The van der Waals surface area contributed by atoms with Gasteiger partial charge in [0.05, 0.1) is 5.75 Å². The number of rotatable bonds is 6. The average molecular weight is 368 g/mol. The summed E-state index contributed by atoms with van der Waals surface area (Å²) in [5, 5.41) is 4.79. The molecule has 0 heterocycles. The van der Waals surface area contributed by atoms with Crippen LogP contribution in [0.25, 0.3) is 10.8 Å². The second-order valence-electron chi connectivity index (χ2n) is 5.94. The maximum absolute atomic E-state index is 12.6. The van der Waals surface area contributed by atoms with Gasteiger partial charge < -0.3 is 5.32 Å². The van der Waals surface area contributed by atoms with Crippen molar-refractivity contribution in [2.45, 2.75) is 12.3 Å². The van der Waals surface area contributed by atoms with Crippen molar-refractivity contribution in [3.05, 3.63) is 83.4 Å². The summed E-state index contributed by atoms with van der Waals surface area (Å²) in [4.78, 5) is 12.6. The summed E-state index contributed by atoms with van der Waals surface area (Å²) in [5.41, 5.74) is 2.04. The van der Waals surface area contributed by atoms with Crippen LogP contribution in [0.1, 0.15) is 21.5 Å². The SMILES string of the molecule is CNS(=O)(=O)Cc1ccccc1CNC(=O)c1cccc2ccccc12. The average Bonchev–Trinajstić information content (AvgIpc) is 2.66. The van der Waals surface area contributed by atoms with Crippen LogP contribution in [0.4, 0.5) is 0 Å². The van der Waals surface area contributed by atoms with Crippen molar-refractivity contribution in [3.8, 4) is 0 Å². The second kappa shape index (κ2) is 7.68. The Hall–Kier alpha value is -2.70. The lowest BCUT2D eigenvalue weighted by atomic mass is 10.0. The standard InChI is InChI=1S/C20H20N2O3S/c1-21-26(24,25)14-17-9-3-2-8-16(17)13-22-20(23)19-12-6-10-15-7-4-5-11-18(15)19/h2-12,21H,13-14H2,1H3,(H,22,23). The number of fused-ring (bicyclic) bond motifs is 1. The molecule has 2 N–H and O–H groups in total. The summed E-state index contributed by atoms with van der Waals surface area (Å²) in [7, 11) is -1.99. The number of nitrogens with one attached hydrogen (secondary N) is 2. The van der Waals surface area contributed by atoms with E-state index in [0.717, 1.165) is 16.3 Å². The minimum absolute atomic E-state index is 0.121. The van der Waals surface area contributed by atoms with E-state index in [1.807, 2.05) is 48.5 Å². The van der Waals surface area contributed by atoms with E-state index in [1.165, 1.54) is 7.05 Å². The number of carbonyl (C=O) groups is 1. The van der Waals surface area contributed by atoms with Crippen molar-refractivity contribution in [2.24, 2.45) is 0 Å². The molecule has 3 aromatic carbocycles. The first-order chi connectivity index (χ1) is 12.5. The van der Waals surface area contributed by atoms with Gasteiger partial charge in [0.1, 0.15) is 0 Å². The zero-order chi connectivity index (χ0) is 18.6. The van der Waals surface area contributed by atoms with Crippen molar-refractivity contribution >= 4 is 26.7 Å². The van der Waals surface area contributed by atoms with Gasteiger partial charge in [0.2, 0.25) is 10.0 Å². The van der Waals surface area contributed by atoms with E-state index >= 15 is 0 Å². The Kier molecular flexibility index (Phi) is 5.35. The lowest BCUT2D eigenvalue weighted by molar-refractivity contribution is 0.0952. The van der Waals surface area contributed by atoms with E-state index < -0.39 is 10.0 Å². The molecule has 0 aliphatic carbocycles. The second-order valence-corrected chi connectivity index (χ2v) is 7.87. The van der Waals surface area contributed by atoms with Crippen molar-refractivity contribution in [1.82, 2.24) is 10.0 Å². The molecule has 0 aliphatic rings. The summed E-state index contributed by atoms with van der Waals surface area (Å²) in [6.07, 6.45) is 0. The van der Waals surface area contributed by atoms with Crippen LogP contribution in [0.2, 0.25) is 0 Å². The van der Waals surface area contributed by atoms with E-state index in [4.69, 9.17) is 0 Å². The van der Waals surface area contributed by atoms with Crippen LogP contribution in [0.15, 0.2) is 66.7 Å². The largest absolute Gasteiger partial charge is 0.348 e. The van der Waals surface area contributed by atoms with Gasteiger partial charge in [-0.2, -0.15) is 0 Å². The van der Waals surface area contributed by atoms with E-state index in [2.05, 4.69) is 10.0 Å². The Morgan fingerprint density at radius 1 is 0.885 bits per heavy atom. The predicted octanol–water partition coefficient (Wildman–Crippen LogP) is 2.82. The number of carbonyl (C=O) groups excluding carboxylic acids is 1. The van der Waals surface area contributed by atoms with Gasteiger partial charge in [0.25, 0.3) is 5.91 Å². The molecule has 26 heavy (non-hydrogen) atoms. The number of hydrogen-bond acceptors (Lipinski definition) is 3. The number of sulfonamides is 1. The molecule has 0 saturated carbocycles. The third kappa shape index (κ3) is 4.09. The van der Waals surface area contributed by atoms with E-state index in [1.54, 1.807) is 18.2 Å². The van der Waals surface area contributed by atoms with Gasteiger partial charge in [-0.1, -0.05) is 60.7 Å². The minimum atomic E-state index is -3.38. The lowest BCUT2D eigenvalue weighted by Gasteiger charge is -2.12. The number of amides is 1. The molecule has 1 amide bonds. The number of benzene rings is 3. The Bertz CT molecular complexity index is 1040. The van der Waals surface area contributed by atoms with Crippen LogP contribution in [0, 0.1) is 0 Å². The molecule has 6 heteroatoms. The quantitative estimate of drug-likeness (QED) is 0.702. The maximum Gasteiger partial charge on any atom is 0.252 e. The molecule has 0 aliphatic heterocycles. The highest BCUT2D eigenvalue weighted by molar-refractivity contribution is 7.88. The smallest absolute Gasteiger partial charge is 0.252 e. The Balaban J connectivity index is 1.80. The fourth-order valence-electron chi connectivity index (χ4n) is 2.84. The predicted molar refractivity (Wildman–Crippen MR) is 103 cm³/mol. The van der Waals surface area contributed by atoms with Crippen LogP contribution in [0.3, 0.4) is 0 Å². The molecule has 0 fully saturated rings. The molecule has 5 nitrogen and oxygen atoms in total. The highest BCUT2D eigenvalue weighted by Crippen LogP contribution is 2.19. The van der Waals surface area contributed by atoms with Gasteiger partial charge in [0, 0.05) is 12.1 Å². The van der Waals surface area contributed by atoms with Gasteiger partial charge in [0.15, 0.2) is 0 Å². The first kappa shape index (κ1) is 18.1. The van der Waals surface area contributed by atoms with E-state index in [9.17, 15) is 13.2 Å². The lowest BCUT2D eigenvalue weighted by Crippen LogP contribution is -2.25. The van der Waals surface area contributed by atoms with Crippen LogP contribution in [-0.4, -0.2) is 21.4 Å². The molecule has 0 spiro atoms. The summed E-state index contributed by atoms with van der Waals surface area (Å²) in [5.74, 6) is -0.308. The molecule has 0 aromatic heterocycles. The van der Waals surface area contributed by atoms with Crippen molar-refractivity contribution in [3.63, 3.8) is 0 Å². The van der Waals surface area contributed by atoms with Crippen molar-refractivity contribution < 1.29 is 13.2 Å². The summed E-state index contributed by atoms with van der Waals surface area (Å²) < 4.78 is 26.0. The normalized spacial score (nSPS) is 11.4. The zero-order valence-electron chi connectivity index (χ0n) is 14.4. The summed E-state index contributed by atoms with van der Waals surface area (Å²) in [6.45, 7) is 0.261. The molecule has 0 saturated heterocycles. The van der Waals surface area contributed by atoms with E-state index in [0.29, 0.717) is 11.1 Å². The van der Waals surface area contributed by atoms with Gasteiger partial charge in [-0.15, -0.1) is 0 Å². The molecule has 3 rings (SSSR count). The molecule has 0 bridgehead atoms. The molecule has 3 aromatic rings. The molecule has 0 atom stereocenters. The third-order valence-corrected chi connectivity index (χ3v) is 5.56. The monoisotopic (exact) mass is 368 g/mol. The highest BCUT2D eigenvalue weighted by atomic mass is 32.2. The van der Waals surface area contributed by atoms with Gasteiger partial charge in [-0.05, 0) is 35.0 Å². The van der Waals surface area contributed by atoms with Crippen LogP contribution < -0.4 is 10.0 Å². The minimum Gasteiger partial charge on any atom is -0.348 e. The van der Waals surface area contributed by atoms with Crippen LogP contribution in [-0.2, 0) is 22.3 Å². The third-order valence-electron chi connectivity index (χ3n) is 4.25. The van der Waals surface area contributed by atoms with Crippen LogP contribution >= 0.6 is 0 Å². The van der Waals surface area contributed by atoms with Crippen molar-refractivity contribution in [1.29, 1.82) is 0 Å². The fourth-order valence-corrected chi connectivity index (χ4v) is 3.68.